The molecule has 1 aromatic heterocycles. The van der Waals surface area contributed by atoms with Gasteiger partial charge in [-0.05, 0) is 47.0 Å². The number of benzene rings is 5. The molecule has 5 aromatic carbocycles. The zero-order valence-electron chi connectivity index (χ0n) is 22.9. The number of hydrogen-bond donors (Lipinski definition) is 1. The molecule has 9 rings (SSSR count). The van der Waals surface area contributed by atoms with E-state index in [0.29, 0.717) is 11.2 Å². The van der Waals surface area contributed by atoms with Gasteiger partial charge in [-0.25, -0.2) is 4.99 Å². The van der Waals surface area contributed by atoms with Crippen molar-refractivity contribution in [3.05, 3.63) is 156 Å². The van der Waals surface area contributed by atoms with Gasteiger partial charge in [0.25, 0.3) is 6.29 Å². The Morgan fingerprint density at radius 3 is 2.40 bits per heavy atom. The third kappa shape index (κ3) is 3.62. The molecule has 0 bridgehead atoms. The van der Waals surface area contributed by atoms with Crippen LogP contribution in [0.4, 0.5) is 5.69 Å². The number of nitrogens with zero attached hydrogens (tertiary/aromatic N) is 2. The predicted molar refractivity (Wildman–Crippen MR) is 175 cm³/mol. The maximum Gasteiger partial charge on any atom is 0.269 e. The van der Waals surface area contributed by atoms with Crippen LogP contribution in [0, 0.1) is 0 Å². The maximum atomic E-state index is 5.53. The van der Waals surface area contributed by atoms with E-state index in [0.717, 1.165) is 11.3 Å². The summed E-state index contributed by atoms with van der Waals surface area (Å²) in [6.45, 7) is 0. The van der Waals surface area contributed by atoms with Crippen molar-refractivity contribution in [2.75, 3.05) is 0 Å². The number of para-hydroxylation sites is 2. The molecule has 200 valence electrons. The molecule has 0 amide bonds. The van der Waals surface area contributed by atoms with Crippen LogP contribution in [0.1, 0.15) is 28.9 Å². The van der Waals surface area contributed by atoms with Crippen LogP contribution < -0.4 is 5.32 Å². The van der Waals surface area contributed by atoms with E-state index in [2.05, 4.69) is 149 Å². The number of rotatable bonds is 3. The molecule has 4 heteroatoms. The molecule has 3 atom stereocenters. The molecule has 0 fully saturated rings. The standard InChI is InChI=1S/C38H27N3S/c1-2-11-24(12-3-1)25-13-10-14-26(23-25)36-29-16-4-7-18-31(29)39-38(40-36)41-32-19-8-5-17-30(32)35-33(41)22-21-28-27-15-6-9-20-34(27)42-37(28)35/h1-23,27,34,38-39H/p+1. The van der Waals surface area contributed by atoms with Gasteiger partial charge in [-0.1, -0.05) is 109 Å². The summed E-state index contributed by atoms with van der Waals surface area (Å²) < 4.78 is 2.45. The van der Waals surface area contributed by atoms with Crippen LogP contribution in [0.2, 0.25) is 0 Å². The van der Waals surface area contributed by atoms with Crippen molar-refractivity contribution in [2.45, 2.75) is 22.4 Å². The average Bonchev–Trinajstić information content (AvgIpc) is 3.60. The van der Waals surface area contributed by atoms with Gasteiger partial charge in [-0.3, -0.25) is 9.88 Å². The molecule has 3 heterocycles. The van der Waals surface area contributed by atoms with E-state index in [4.69, 9.17) is 4.99 Å². The molecule has 42 heavy (non-hydrogen) atoms. The van der Waals surface area contributed by atoms with E-state index >= 15 is 0 Å². The lowest BCUT2D eigenvalue weighted by molar-refractivity contribution is -0.633. The number of allylic oxidation sites excluding steroid dienone is 3. The lowest BCUT2D eigenvalue weighted by atomic mass is 9.91. The van der Waals surface area contributed by atoms with Gasteiger partial charge in [-0.15, -0.1) is 11.8 Å². The Balaban J connectivity index is 1.25. The maximum absolute atomic E-state index is 5.53. The second kappa shape index (κ2) is 9.45. The van der Waals surface area contributed by atoms with Crippen molar-refractivity contribution in [1.82, 2.24) is 4.57 Å². The molecule has 3 unspecified atom stereocenters. The SMILES string of the molecule is C1=CC2Sc3c(ccc4c3c3ccccc3n4C3N=C(c4cccc(-c5ccccc5)c4)c4ccccc4[NH2+]3)C2C=C1. The normalized spacial score (nSPS) is 20.4. The zero-order chi connectivity index (χ0) is 27.6. The smallest absolute Gasteiger partial charge is 0.269 e. The van der Waals surface area contributed by atoms with Crippen LogP contribution in [0.3, 0.4) is 0 Å². The van der Waals surface area contributed by atoms with Gasteiger partial charge >= 0.3 is 0 Å². The first-order valence-electron chi connectivity index (χ1n) is 14.6. The summed E-state index contributed by atoms with van der Waals surface area (Å²) in [5, 5.41) is 5.46. The first-order valence-corrected chi connectivity index (χ1v) is 15.5. The van der Waals surface area contributed by atoms with Gasteiger partial charge in [0, 0.05) is 32.4 Å². The van der Waals surface area contributed by atoms with Crippen molar-refractivity contribution in [3.63, 3.8) is 0 Å². The van der Waals surface area contributed by atoms with E-state index in [9.17, 15) is 0 Å². The third-order valence-corrected chi connectivity index (χ3v) is 10.3. The molecule has 0 saturated heterocycles. The number of quaternary nitrogens is 1. The zero-order valence-corrected chi connectivity index (χ0v) is 23.7. The molecule has 0 saturated carbocycles. The van der Waals surface area contributed by atoms with Gasteiger partial charge in [-0.2, -0.15) is 0 Å². The molecule has 0 spiro atoms. The Bertz CT molecular complexity index is 2120. The number of aliphatic imine (C=N–C) groups is 1. The van der Waals surface area contributed by atoms with Crippen molar-refractivity contribution < 1.29 is 5.32 Å². The van der Waals surface area contributed by atoms with Gasteiger partial charge in [0.1, 0.15) is 5.69 Å². The van der Waals surface area contributed by atoms with Gasteiger partial charge < -0.3 is 0 Å². The highest BCUT2D eigenvalue weighted by Gasteiger charge is 2.35. The van der Waals surface area contributed by atoms with Crippen molar-refractivity contribution in [3.8, 4) is 11.1 Å². The largest absolute Gasteiger partial charge is 0.274 e. The fourth-order valence-corrected chi connectivity index (χ4v) is 8.46. The van der Waals surface area contributed by atoms with Gasteiger partial charge in [0.05, 0.1) is 22.3 Å². The highest BCUT2D eigenvalue weighted by atomic mass is 32.2. The summed E-state index contributed by atoms with van der Waals surface area (Å²) in [4.78, 5) is 6.95. The van der Waals surface area contributed by atoms with Crippen LogP contribution in [0.5, 0.6) is 0 Å². The van der Waals surface area contributed by atoms with Crippen LogP contribution in [0.15, 0.2) is 149 Å². The number of aromatic nitrogens is 1. The van der Waals surface area contributed by atoms with Crippen LogP contribution >= 0.6 is 11.8 Å². The molecule has 1 aliphatic carbocycles. The van der Waals surface area contributed by atoms with E-state index in [1.165, 1.54) is 54.6 Å². The Morgan fingerprint density at radius 2 is 1.45 bits per heavy atom. The Labute approximate surface area is 248 Å². The van der Waals surface area contributed by atoms with Crippen LogP contribution in [0.25, 0.3) is 32.9 Å². The molecule has 2 aliphatic heterocycles. The summed E-state index contributed by atoms with van der Waals surface area (Å²) in [5.74, 6) is 0.441. The first kappa shape index (κ1) is 24.0. The average molecular weight is 559 g/mol. The number of nitrogens with two attached hydrogens (primary N) is 1. The number of thioether (sulfide) groups is 1. The topological polar surface area (TPSA) is 33.9 Å². The molecular weight excluding hydrogens is 531 g/mol. The summed E-state index contributed by atoms with van der Waals surface area (Å²) in [5.41, 5.74) is 10.9. The minimum absolute atomic E-state index is 0.163. The minimum atomic E-state index is -0.163. The van der Waals surface area contributed by atoms with Crippen molar-refractivity contribution in [2.24, 2.45) is 4.99 Å². The van der Waals surface area contributed by atoms with Gasteiger partial charge in [0.15, 0.2) is 0 Å². The second-order valence-corrected chi connectivity index (χ2v) is 12.4. The van der Waals surface area contributed by atoms with Crippen molar-refractivity contribution >= 4 is 45.0 Å². The van der Waals surface area contributed by atoms with Crippen molar-refractivity contribution in [1.29, 1.82) is 0 Å². The first-order chi connectivity index (χ1) is 20.8. The van der Waals surface area contributed by atoms with E-state index < -0.39 is 0 Å². The number of hydrogen-bond acceptors (Lipinski definition) is 2. The summed E-state index contributed by atoms with van der Waals surface area (Å²) in [6, 6.07) is 41.7. The Hall–Kier alpha value is -4.64. The summed E-state index contributed by atoms with van der Waals surface area (Å²) in [7, 11) is 0. The molecular formula is C38H28N3S+. The second-order valence-electron chi connectivity index (χ2n) is 11.2. The van der Waals surface area contributed by atoms with Crippen LogP contribution in [-0.2, 0) is 0 Å². The Morgan fingerprint density at radius 1 is 0.667 bits per heavy atom. The monoisotopic (exact) mass is 558 g/mol. The van der Waals surface area contributed by atoms with Crippen LogP contribution in [-0.4, -0.2) is 15.5 Å². The molecule has 2 N–H and O–H groups in total. The van der Waals surface area contributed by atoms with E-state index in [-0.39, 0.29) is 6.29 Å². The minimum Gasteiger partial charge on any atom is -0.274 e. The summed E-state index contributed by atoms with van der Waals surface area (Å²) >= 11 is 2.01. The predicted octanol–water partition coefficient (Wildman–Crippen LogP) is 8.35. The highest BCUT2D eigenvalue weighted by Crippen LogP contribution is 2.52. The highest BCUT2D eigenvalue weighted by molar-refractivity contribution is 8.00. The molecule has 3 aliphatic rings. The lowest BCUT2D eigenvalue weighted by Gasteiger charge is -2.24. The third-order valence-electron chi connectivity index (χ3n) is 8.87. The van der Waals surface area contributed by atoms with E-state index in [1.807, 2.05) is 11.8 Å². The fourth-order valence-electron chi connectivity index (χ4n) is 6.96. The lowest BCUT2D eigenvalue weighted by Crippen LogP contribution is -2.82. The molecule has 0 radical (unpaired) electrons. The van der Waals surface area contributed by atoms with E-state index in [1.54, 1.807) is 0 Å². The number of fused-ring (bicyclic) bond motifs is 8. The Kier molecular flexibility index (Phi) is 5.40. The summed E-state index contributed by atoms with van der Waals surface area (Å²) in [6.07, 6.45) is 8.94. The fraction of sp³-hybridized carbons (Fsp3) is 0.0789. The van der Waals surface area contributed by atoms with Gasteiger partial charge in [0.2, 0.25) is 0 Å². The molecule has 3 nitrogen and oxygen atoms in total. The molecule has 6 aromatic rings. The quantitative estimate of drug-likeness (QED) is 0.218.